The molecule has 0 saturated heterocycles. The summed E-state index contributed by atoms with van der Waals surface area (Å²) in [6.45, 7) is 4.21. The third-order valence-corrected chi connectivity index (χ3v) is 2.45. The Hall–Kier alpha value is -0.590. The Balaban J connectivity index is 2.30. The average molecular weight is 180 g/mol. The van der Waals surface area contributed by atoms with Crippen LogP contribution in [0.25, 0.3) is 0 Å². The van der Waals surface area contributed by atoms with Crippen molar-refractivity contribution in [2.24, 2.45) is 5.92 Å². The highest BCUT2D eigenvalue weighted by Crippen LogP contribution is 2.21. The van der Waals surface area contributed by atoms with Gasteiger partial charge in [-0.2, -0.15) is 0 Å². The van der Waals surface area contributed by atoms with Crippen LogP contribution in [0.1, 0.15) is 52.4 Å². The first-order chi connectivity index (χ1) is 6.18. The van der Waals surface area contributed by atoms with Crippen LogP contribution in [0.4, 0.5) is 0 Å². The first-order valence-corrected chi connectivity index (χ1v) is 5.38. The zero-order valence-corrected chi connectivity index (χ0v) is 8.81. The largest absolute Gasteiger partial charge is 0.299 e. The molecule has 0 aromatic rings. The van der Waals surface area contributed by atoms with Gasteiger partial charge in [-0.25, -0.2) is 0 Å². The highest BCUT2D eigenvalue weighted by Gasteiger charge is 2.10. The van der Waals surface area contributed by atoms with Crippen LogP contribution in [0.15, 0.2) is 11.6 Å². The maximum absolute atomic E-state index is 11.5. The van der Waals surface area contributed by atoms with Gasteiger partial charge in [0.2, 0.25) is 0 Å². The number of rotatable bonds is 4. The van der Waals surface area contributed by atoms with Gasteiger partial charge in [-0.05, 0) is 31.6 Å². The van der Waals surface area contributed by atoms with Crippen molar-refractivity contribution in [3.05, 3.63) is 11.6 Å². The van der Waals surface area contributed by atoms with Gasteiger partial charge in [0, 0.05) is 12.8 Å². The normalized spacial score (nSPS) is 17.3. The molecule has 0 bridgehead atoms. The molecule has 1 nitrogen and oxygen atoms in total. The van der Waals surface area contributed by atoms with E-state index in [-0.39, 0.29) is 0 Å². The van der Waals surface area contributed by atoms with Gasteiger partial charge in [0.15, 0.2) is 0 Å². The topological polar surface area (TPSA) is 17.1 Å². The van der Waals surface area contributed by atoms with E-state index >= 15 is 0 Å². The van der Waals surface area contributed by atoms with Gasteiger partial charge in [-0.1, -0.05) is 25.5 Å². The third kappa shape index (κ3) is 4.25. The number of carbonyl (C=O) groups is 1. The number of Topliss-reactive ketones (excluding diaryl/α,β-unsaturated/α-hetero) is 1. The Labute approximate surface area is 81.2 Å². The molecule has 0 saturated carbocycles. The van der Waals surface area contributed by atoms with Crippen molar-refractivity contribution in [1.82, 2.24) is 0 Å². The van der Waals surface area contributed by atoms with Crippen molar-refractivity contribution in [3.8, 4) is 0 Å². The molecule has 0 radical (unpaired) electrons. The molecular formula is C12H20O. The second-order valence-corrected chi connectivity index (χ2v) is 4.42. The monoisotopic (exact) mass is 180 g/mol. The van der Waals surface area contributed by atoms with Crippen LogP contribution in [0.5, 0.6) is 0 Å². The van der Waals surface area contributed by atoms with E-state index in [1.807, 2.05) is 0 Å². The van der Waals surface area contributed by atoms with Crippen LogP contribution >= 0.6 is 0 Å². The summed E-state index contributed by atoms with van der Waals surface area (Å²) in [5, 5.41) is 0. The average Bonchev–Trinajstić information content (AvgIpc) is 2.04. The lowest BCUT2D eigenvalue weighted by Crippen LogP contribution is -2.05. The molecule has 0 aromatic carbocycles. The molecule has 0 atom stereocenters. The Bertz CT molecular complexity index is 201. The fourth-order valence-electron chi connectivity index (χ4n) is 1.85. The Kier molecular flexibility index (Phi) is 4.20. The van der Waals surface area contributed by atoms with Crippen molar-refractivity contribution >= 4 is 5.78 Å². The van der Waals surface area contributed by atoms with Gasteiger partial charge in [0.05, 0.1) is 0 Å². The molecular weight excluding hydrogens is 160 g/mol. The number of carbonyl (C=O) groups excluding carboxylic acids is 1. The lowest BCUT2D eigenvalue weighted by molar-refractivity contribution is -0.119. The lowest BCUT2D eigenvalue weighted by Gasteiger charge is -2.12. The lowest BCUT2D eigenvalue weighted by atomic mass is 9.93. The number of hydrogen-bond donors (Lipinski definition) is 0. The van der Waals surface area contributed by atoms with Gasteiger partial charge in [0.1, 0.15) is 5.78 Å². The maximum atomic E-state index is 11.5. The molecule has 0 unspecified atom stereocenters. The Morgan fingerprint density at radius 3 is 2.77 bits per heavy atom. The number of ketones is 1. The maximum Gasteiger partial charge on any atom is 0.137 e. The predicted molar refractivity (Wildman–Crippen MR) is 55.6 cm³/mol. The molecule has 0 spiro atoms. The van der Waals surface area contributed by atoms with E-state index in [1.54, 1.807) is 0 Å². The van der Waals surface area contributed by atoms with Crippen LogP contribution in [-0.2, 0) is 4.79 Å². The second kappa shape index (κ2) is 5.21. The fraction of sp³-hybridized carbons (Fsp3) is 0.750. The van der Waals surface area contributed by atoms with Crippen LogP contribution < -0.4 is 0 Å². The molecule has 0 N–H and O–H groups in total. The molecule has 0 aromatic heterocycles. The SMILES string of the molecule is CC(C)CC(=O)CC1=CCCCC1. The smallest absolute Gasteiger partial charge is 0.137 e. The summed E-state index contributed by atoms with van der Waals surface area (Å²) >= 11 is 0. The second-order valence-electron chi connectivity index (χ2n) is 4.42. The van der Waals surface area contributed by atoms with Crippen LogP contribution in [0.2, 0.25) is 0 Å². The van der Waals surface area contributed by atoms with Crippen LogP contribution in [0, 0.1) is 5.92 Å². The minimum absolute atomic E-state index is 0.420. The summed E-state index contributed by atoms with van der Waals surface area (Å²) in [6, 6.07) is 0. The van der Waals surface area contributed by atoms with Gasteiger partial charge >= 0.3 is 0 Å². The molecule has 13 heavy (non-hydrogen) atoms. The van der Waals surface area contributed by atoms with Gasteiger partial charge in [-0.3, -0.25) is 4.79 Å². The highest BCUT2D eigenvalue weighted by atomic mass is 16.1. The molecule has 0 fully saturated rings. The van der Waals surface area contributed by atoms with Crippen molar-refractivity contribution in [3.63, 3.8) is 0 Å². The van der Waals surface area contributed by atoms with E-state index in [0.29, 0.717) is 11.7 Å². The van der Waals surface area contributed by atoms with Crippen molar-refractivity contribution in [2.75, 3.05) is 0 Å². The van der Waals surface area contributed by atoms with E-state index in [1.165, 1.54) is 24.8 Å². The van der Waals surface area contributed by atoms with Gasteiger partial charge in [-0.15, -0.1) is 0 Å². The van der Waals surface area contributed by atoms with E-state index in [2.05, 4.69) is 19.9 Å². The first-order valence-electron chi connectivity index (χ1n) is 5.38. The summed E-state index contributed by atoms with van der Waals surface area (Å²) in [4.78, 5) is 11.5. The van der Waals surface area contributed by atoms with E-state index in [4.69, 9.17) is 0 Å². The molecule has 1 rings (SSSR count). The Morgan fingerprint density at radius 2 is 2.23 bits per heavy atom. The zero-order valence-electron chi connectivity index (χ0n) is 8.81. The molecule has 1 aliphatic rings. The molecule has 0 amide bonds. The summed E-state index contributed by atoms with van der Waals surface area (Å²) in [6.07, 6.45) is 8.66. The van der Waals surface area contributed by atoms with E-state index in [9.17, 15) is 4.79 Å². The third-order valence-electron chi connectivity index (χ3n) is 2.45. The van der Waals surface area contributed by atoms with Crippen molar-refractivity contribution in [1.29, 1.82) is 0 Å². The van der Waals surface area contributed by atoms with Crippen molar-refractivity contribution in [2.45, 2.75) is 52.4 Å². The fourth-order valence-corrected chi connectivity index (χ4v) is 1.85. The van der Waals surface area contributed by atoms with Gasteiger partial charge < -0.3 is 0 Å². The minimum Gasteiger partial charge on any atom is -0.299 e. The van der Waals surface area contributed by atoms with Crippen molar-refractivity contribution < 1.29 is 4.79 Å². The summed E-state index contributed by atoms with van der Waals surface area (Å²) in [7, 11) is 0. The summed E-state index contributed by atoms with van der Waals surface area (Å²) in [5.74, 6) is 0.930. The predicted octanol–water partition coefficient (Wildman–Crippen LogP) is 3.49. The molecule has 0 heterocycles. The summed E-state index contributed by atoms with van der Waals surface area (Å²) < 4.78 is 0. The first kappa shape index (κ1) is 10.5. The van der Waals surface area contributed by atoms with E-state index < -0.39 is 0 Å². The van der Waals surface area contributed by atoms with Gasteiger partial charge in [0.25, 0.3) is 0 Å². The molecule has 74 valence electrons. The Morgan fingerprint density at radius 1 is 1.46 bits per heavy atom. The summed E-state index contributed by atoms with van der Waals surface area (Å²) in [5.41, 5.74) is 1.39. The van der Waals surface area contributed by atoms with Crippen LogP contribution in [0.3, 0.4) is 0 Å². The minimum atomic E-state index is 0.420. The molecule has 1 aliphatic carbocycles. The molecule has 1 heteroatoms. The van der Waals surface area contributed by atoms with E-state index in [0.717, 1.165) is 19.3 Å². The number of allylic oxidation sites excluding steroid dienone is 2. The quantitative estimate of drug-likeness (QED) is 0.605. The highest BCUT2D eigenvalue weighted by molar-refractivity contribution is 5.80. The van der Waals surface area contributed by atoms with Crippen LogP contribution in [-0.4, -0.2) is 5.78 Å². The zero-order chi connectivity index (χ0) is 9.68. The number of hydrogen-bond acceptors (Lipinski definition) is 1. The standard InChI is InChI=1S/C12H20O/c1-10(2)8-12(13)9-11-6-4-3-5-7-11/h6,10H,3-5,7-9H2,1-2H3. The molecule has 0 aliphatic heterocycles.